The average Bonchev–Trinajstić information content (AvgIpc) is 2.87. The van der Waals surface area contributed by atoms with Gasteiger partial charge in [-0.1, -0.05) is 12.1 Å². The van der Waals surface area contributed by atoms with Crippen molar-refractivity contribution in [2.75, 3.05) is 47.0 Å². The first-order valence-electron chi connectivity index (χ1n) is 11.4. The number of methoxy groups -OCH3 is 2. The van der Waals surface area contributed by atoms with E-state index < -0.39 is 5.60 Å². The van der Waals surface area contributed by atoms with Crippen LogP contribution in [-0.4, -0.2) is 79.8 Å². The maximum atomic E-state index is 12.7. The minimum Gasteiger partial charge on any atom is -0.495 e. The lowest BCUT2D eigenvalue weighted by Gasteiger charge is -2.38. The Hall–Kier alpha value is -2.87. The van der Waals surface area contributed by atoms with Crippen LogP contribution in [0.1, 0.15) is 44.5 Å². The molecule has 2 heterocycles. The zero-order valence-corrected chi connectivity index (χ0v) is 20.6. The third-order valence-corrected chi connectivity index (χ3v) is 5.73. The molecule has 0 atom stereocenters. The highest BCUT2D eigenvalue weighted by Crippen LogP contribution is 2.20. The SMILES string of the molecule is COCCNC(=O)c1ccc2c(c1OC)=C[N+](CC1CN(C(=O)OC(C)(C)C)C1)=C(C)CC=2. The van der Waals surface area contributed by atoms with Gasteiger partial charge >= 0.3 is 6.09 Å². The lowest BCUT2D eigenvalue weighted by Crippen LogP contribution is -2.54. The summed E-state index contributed by atoms with van der Waals surface area (Å²) in [6.45, 7) is 10.7. The minimum absolute atomic E-state index is 0.191. The minimum atomic E-state index is -0.491. The number of benzene rings is 1. The Morgan fingerprint density at radius 3 is 2.58 bits per heavy atom. The molecule has 8 heteroatoms. The van der Waals surface area contributed by atoms with Crippen molar-refractivity contribution in [3.05, 3.63) is 28.1 Å². The highest BCUT2D eigenvalue weighted by Gasteiger charge is 2.36. The van der Waals surface area contributed by atoms with E-state index in [4.69, 9.17) is 14.2 Å². The number of fused-ring (bicyclic) bond motifs is 1. The molecule has 3 rings (SSSR count). The second-order valence-electron chi connectivity index (χ2n) is 9.57. The van der Waals surface area contributed by atoms with Crippen molar-refractivity contribution in [1.29, 1.82) is 0 Å². The number of hydrogen-bond donors (Lipinski definition) is 1. The van der Waals surface area contributed by atoms with Crippen molar-refractivity contribution in [3.8, 4) is 5.75 Å². The molecule has 0 bridgehead atoms. The van der Waals surface area contributed by atoms with Crippen molar-refractivity contribution >= 4 is 30.0 Å². The molecule has 1 saturated heterocycles. The molecule has 8 nitrogen and oxygen atoms in total. The van der Waals surface area contributed by atoms with Crippen LogP contribution in [0.25, 0.3) is 12.3 Å². The number of nitrogens with one attached hydrogen (secondary N) is 1. The van der Waals surface area contributed by atoms with Gasteiger partial charge in [0.25, 0.3) is 5.91 Å². The van der Waals surface area contributed by atoms with E-state index >= 15 is 0 Å². The molecule has 0 radical (unpaired) electrons. The van der Waals surface area contributed by atoms with Crippen LogP contribution in [0.2, 0.25) is 0 Å². The first-order valence-corrected chi connectivity index (χ1v) is 11.4. The van der Waals surface area contributed by atoms with Crippen molar-refractivity contribution in [2.24, 2.45) is 5.92 Å². The highest BCUT2D eigenvalue weighted by molar-refractivity contribution is 5.97. The fourth-order valence-electron chi connectivity index (χ4n) is 3.98. The third kappa shape index (κ3) is 6.13. The van der Waals surface area contributed by atoms with Crippen LogP contribution < -0.4 is 20.5 Å². The molecule has 0 aliphatic carbocycles. The van der Waals surface area contributed by atoms with Crippen LogP contribution in [0.3, 0.4) is 0 Å². The number of nitrogens with zero attached hydrogens (tertiary/aromatic N) is 2. The molecule has 0 saturated carbocycles. The van der Waals surface area contributed by atoms with Gasteiger partial charge in [-0.15, -0.1) is 0 Å². The van der Waals surface area contributed by atoms with E-state index in [1.807, 2.05) is 26.8 Å². The monoisotopic (exact) mass is 458 g/mol. The number of likely N-dealkylation sites (tertiary alicyclic amines) is 1. The normalized spacial score (nSPS) is 16.1. The molecule has 33 heavy (non-hydrogen) atoms. The van der Waals surface area contributed by atoms with E-state index in [1.165, 1.54) is 5.71 Å². The predicted molar refractivity (Wildman–Crippen MR) is 127 cm³/mol. The van der Waals surface area contributed by atoms with E-state index in [1.54, 1.807) is 25.2 Å². The summed E-state index contributed by atoms with van der Waals surface area (Å²) < 4.78 is 18.4. The van der Waals surface area contributed by atoms with Gasteiger partial charge in [-0.25, -0.2) is 9.37 Å². The molecule has 2 amide bonds. The van der Waals surface area contributed by atoms with Gasteiger partial charge in [0.15, 0.2) is 18.5 Å². The number of hydrogen-bond acceptors (Lipinski definition) is 5. The van der Waals surface area contributed by atoms with Crippen LogP contribution in [0.5, 0.6) is 5.75 Å². The quantitative estimate of drug-likeness (QED) is 0.493. The molecule has 1 aromatic rings. The summed E-state index contributed by atoms with van der Waals surface area (Å²) in [5.41, 5.74) is 1.21. The number of carbonyl (C=O) groups excluding carboxylic acids is 2. The Morgan fingerprint density at radius 2 is 1.94 bits per heavy atom. The fraction of sp³-hybridized carbons (Fsp3) is 0.560. The Morgan fingerprint density at radius 1 is 1.21 bits per heavy atom. The van der Waals surface area contributed by atoms with Crippen LogP contribution in [-0.2, 0) is 9.47 Å². The number of rotatable bonds is 7. The smallest absolute Gasteiger partial charge is 0.410 e. The summed E-state index contributed by atoms with van der Waals surface area (Å²) in [6, 6.07) is 3.77. The van der Waals surface area contributed by atoms with Crippen LogP contribution in [0.15, 0.2) is 12.1 Å². The van der Waals surface area contributed by atoms with Gasteiger partial charge in [0.2, 0.25) is 0 Å². The molecule has 0 unspecified atom stereocenters. The second-order valence-corrected chi connectivity index (χ2v) is 9.57. The Kier molecular flexibility index (Phi) is 7.79. The molecular weight excluding hydrogens is 422 g/mol. The largest absolute Gasteiger partial charge is 0.495 e. The van der Waals surface area contributed by atoms with Gasteiger partial charge in [-0.3, -0.25) is 4.79 Å². The van der Waals surface area contributed by atoms with E-state index in [-0.39, 0.29) is 12.0 Å². The van der Waals surface area contributed by atoms with Gasteiger partial charge in [-0.2, -0.15) is 0 Å². The van der Waals surface area contributed by atoms with Crippen LogP contribution in [0.4, 0.5) is 4.79 Å². The highest BCUT2D eigenvalue weighted by atomic mass is 16.6. The summed E-state index contributed by atoms with van der Waals surface area (Å²) in [7, 11) is 3.19. The molecule has 180 valence electrons. The molecule has 0 aromatic heterocycles. The van der Waals surface area contributed by atoms with Crippen molar-refractivity contribution in [3.63, 3.8) is 0 Å². The molecule has 1 N–H and O–H groups in total. The first-order chi connectivity index (χ1) is 15.6. The fourth-order valence-corrected chi connectivity index (χ4v) is 3.98. The van der Waals surface area contributed by atoms with Gasteiger partial charge < -0.3 is 24.4 Å². The van der Waals surface area contributed by atoms with Gasteiger partial charge in [0.1, 0.15) is 11.4 Å². The first kappa shape index (κ1) is 24.8. The number of carbonyl (C=O) groups is 2. The van der Waals surface area contributed by atoms with Crippen molar-refractivity contribution in [2.45, 2.75) is 39.7 Å². The zero-order chi connectivity index (χ0) is 24.2. The van der Waals surface area contributed by atoms with Crippen molar-refractivity contribution < 1.29 is 28.4 Å². The van der Waals surface area contributed by atoms with Gasteiger partial charge in [0.05, 0.1) is 30.4 Å². The van der Waals surface area contributed by atoms with Gasteiger partial charge in [-0.05, 0) is 32.1 Å². The third-order valence-electron chi connectivity index (χ3n) is 5.73. The molecule has 0 spiro atoms. The maximum absolute atomic E-state index is 12.7. The van der Waals surface area contributed by atoms with E-state index in [2.05, 4.69) is 29.1 Å². The molecular formula is C25H36N3O5+. The van der Waals surface area contributed by atoms with E-state index in [9.17, 15) is 9.59 Å². The lowest BCUT2D eigenvalue weighted by atomic mass is 10.0. The maximum Gasteiger partial charge on any atom is 0.410 e. The molecule has 1 aromatic carbocycles. The van der Waals surface area contributed by atoms with Crippen molar-refractivity contribution in [1.82, 2.24) is 10.2 Å². The number of ether oxygens (including phenoxy) is 3. The summed E-state index contributed by atoms with van der Waals surface area (Å²) in [5.74, 6) is 0.711. The number of amides is 2. The standard InChI is InChI=1S/C25H35N3O5/c1-17-7-8-19-9-10-20(23(29)26-11-12-31-5)22(32-6)21(19)16-27(17)13-18-14-28(15-18)24(30)33-25(2,3)4/h8-10,16,18H,7,11-15H2,1-6H3/p+1. The van der Waals surface area contributed by atoms with Crippen LogP contribution in [0, 0.1) is 5.92 Å². The Balaban J connectivity index is 1.80. The summed E-state index contributed by atoms with van der Waals surface area (Å²) >= 11 is 0. The average molecular weight is 459 g/mol. The van der Waals surface area contributed by atoms with E-state index in [0.29, 0.717) is 43.5 Å². The Bertz CT molecular complexity index is 1050. The Labute approximate surface area is 195 Å². The summed E-state index contributed by atoms with van der Waals surface area (Å²) in [4.78, 5) is 26.7. The van der Waals surface area contributed by atoms with Crippen LogP contribution >= 0.6 is 0 Å². The topological polar surface area (TPSA) is 80.1 Å². The molecule has 1 fully saturated rings. The summed E-state index contributed by atoms with van der Waals surface area (Å²) in [6.07, 6.45) is 4.76. The predicted octanol–water partition coefficient (Wildman–Crippen LogP) is 1.33. The van der Waals surface area contributed by atoms with Gasteiger partial charge in [0, 0.05) is 40.1 Å². The van der Waals surface area contributed by atoms with E-state index in [0.717, 1.165) is 23.4 Å². The summed E-state index contributed by atoms with van der Waals surface area (Å²) in [5, 5.41) is 4.78. The second kappa shape index (κ2) is 10.4. The molecule has 2 aliphatic heterocycles. The lowest BCUT2D eigenvalue weighted by molar-refractivity contribution is -0.436. The molecule has 2 aliphatic rings. The zero-order valence-electron chi connectivity index (χ0n) is 20.6.